The Morgan fingerprint density at radius 3 is 0.875 bits per heavy atom. The Morgan fingerprint density at radius 1 is 0.875 bits per heavy atom. The van der Waals surface area contributed by atoms with Gasteiger partial charge in [-0.15, -0.1) is 62.0 Å². The zero-order valence-corrected chi connectivity index (χ0v) is 9.87. The van der Waals surface area contributed by atoms with Crippen molar-refractivity contribution in [3.05, 3.63) is 4.91 Å². The summed E-state index contributed by atoms with van der Waals surface area (Å²) in [6, 6.07) is 0. The molecule has 0 saturated carbocycles. The average molecular weight is 403 g/mol. The van der Waals surface area contributed by atoms with Crippen molar-refractivity contribution in [3.8, 4) is 0 Å². The molecule has 0 heterocycles. The standard InChI is InChI=1S/5ClH.NO.Os/c;;;;;1-2;/h5*1H;;/q;;;;;-1;+1. The molecule has 0 N–H and O–H groups in total. The number of hydrogen-bond donors (Lipinski definition) is 0. The first kappa shape index (κ1) is 53.8. The van der Waals surface area contributed by atoms with Gasteiger partial charge in [-0.3, -0.25) is 0 Å². The molecule has 59 valence electrons. The van der Waals surface area contributed by atoms with Crippen molar-refractivity contribution in [2.45, 2.75) is 0 Å². The van der Waals surface area contributed by atoms with Crippen LogP contribution in [0.2, 0.25) is 0 Å². The van der Waals surface area contributed by atoms with E-state index < -0.39 is 0 Å². The number of nitroso groups, excluding NO2 is 1. The van der Waals surface area contributed by atoms with E-state index in [2.05, 4.69) is 3.88 Å². The molecule has 0 unspecified atom stereocenters. The van der Waals surface area contributed by atoms with Crippen LogP contribution in [-0.2, 0) is 18.8 Å². The van der Waals surface area contributed by atoms with E-state index >= 15 is 0 Å². The van der Waals surface area contributed by atoms with Crippen LogP contribution in [0.1, 0.15) is 0 Å². The SMILES string of the molecule is Cl.Cl.Cl.Cl.Cl.O=[N][Os]. The molecule has 0 saturated heterocycles. The van der Waals surface area contributed by atoms with Crippen molar-refractivity contribution >= 4 is 62.0 Å². The number of rotatable bonds is 0. The molecule has 8 heteroatoms. The van der Waals surface area contributed by atoms with Gasteiger partial charge in [0, 0.05) is 0 Å². The van der Waals surface area contributed by atoms with Crippen LogP contribution in [0.5, 0.6) is 0 Å². The van der Waals surface area contributed by atoms with Crippen LogP contribution in [-0.4, -0.2) is 0 Å². The molecule has 0 rings (SSSR count). The van der Waals surface area contributed by atoms with Gasteiger partial charge in [0.2, 0.25) is 0 Å². The van der Waals surface area contributed by atoms with E-state index in [0.29, 0.717) is 0 Å². The van der Waals surface area contributed by atoms with E-state index in [-0.39, 0.29) is 62.0 Å². The summed E-state index contributed by atoms with van der Waals surface area (Å²) in [5, 5.41) is 0. The number of halogens is 5. The Hall–Kier alpha value is 1.69. The maximum absolute atomic E-state index is 8.57. The van der Waals surface area contributed by atoms with Crippen LogP contribution in [0.15, 0.2) is 3.88 Å². The van der Waals surface area contributed by atoms with Crippen LogP contribution in [0, 0.1) is 4.91 Å². The van der Waals surface area contributed by atoms with Crippen LogP contribution < -0.4 is 0 Å². The summed E-state index contributed by atoms with van der Waals surface area (Å²) in [6.07, 6.45) is 0. The van der Waals surface area contributed by atoms with Gasteiger partial charge in [0.05, 0.1) is 0 Å². The van der Waals surface area contributed by atoms with E-state index in [1.54, 1.807) is 0 Å². The van der Waals surface area contributed by atoms with Crippen molar-refractivity contribution in [2.24, 2.45) is 3.88 Å². The molecule has 0 aliphatic heterocycles. The second-order valence-electron chi connectivity index (χ2n) is 0.0645. The number of nitrogens with zero attached hydrogens (tertiary/aromatic N) is 1. The molecule has 0 atom stereocenters. The predicted octanol–water partition coefficient (Wildman–Crippen LogP) is 2.32. The Bertz CT molecular complexity index is 19.9. The Labute approximate surface area is 89.1 Å². The van der Waals surface area contributed by atoms with Gasteiger partial charge in [0.1, 0.15) is 0 Å². The summed E-state index contributed by atoms with van der Waals surface area (Å²) < 4.78 is 2.28. The third kappa shape index (κ3) is 121. The fraction of sp³-hybridized carbons (Fsp3) is 0. The molecular formula is H5Cl5NOOs. The average Bonchev–Trinajstić information content (AvgIpc) is 0.918. The molecule has 0 aromatic carbocycles. The van der Waals surface area contributed by atoms with Crippen molar-refractivity contribution in [2.75, 3.05) is 0 Å². The molecule has 0 aliphatic carbocycles. The summed E-state index contributed by atoms with van der Waals surface area (Å²) in [6.45, 7) is 0. The second-order valence-corrected chi connectivity index (χ2v) is 0.528. The van der Waals surface area contributed by atoms with Crippen molar-refractivity contribution in [1.82, 2.24) is 0 Å². The quantitative estimate of drug-likeness (QED) is 0.572. The zero-order valence-electron chi connectivity index (χ0n) is 3.25. The van der Waals surface area contributed by atoms with E-state index in [4.69, 9.17) is 4.91 Å². The van der Waals surface area contributed by atoms with E-state index in [0.717, 1.165) is 18.8 Å². The fourth-order valence-electron chi connectivity index (χ4n) is 0. The topological polar surface area (TPSA) is 29.4 Å². The zero-order chi connectivity index (χ0) is 2.71. The van der Waals surface area contributed by atoms with Crippen molar-refractivity contribution < 1.29 is 18.8 Å². The summed E-state index contributed by atoms with van der Waals surface area (Å²) in [4.78, 5) is 8.57. The second kappa shape index (κ2) is 71.1. The molecule has 0 aromatic heterocycles. The van der Waals surface area contributed by atoms with E-state index in [1.165, 1.54) is 0 Å². The van der Waals surface area contributed by atoms with Crippen LogP contribution in [0.3, 0.4) is 0 Å². The molecule has 0 amide bonds. The van der Waals surface area contributed by atoms with Crippen LogP contribution in [0.4, 0.5) is 0 Å². The normalized spacial score (nSPS) is 1.62. The van der Waals surface area contributed by atoms with E-state index in [1.807, 2.05) is 0 Å². The van der Waals surface area contributed by atoms with Gasteiger partial charge in [-0.25, -0.2) is 0 Å². The Morgan fingerprint density at radius 2 is 0.875 bits per heavy atom. The van der Waals surface area contributed by atoms with Crippen LogP contribution in [0.25, 0.3) is 0 Å². The molecule has 8 heavy (non-hydrogen) atoms. The molecule has 0 spiro atoms. The van der Waals surface area contributed by atoms with Crippen molar-refractivity contribution in [1.29, 1.82) is 0 Å². The fourth-order valence-corrected chi connectivity index (χ4v) is 0. The van der Waals surface area contributed by atoms with Crippen molar-refractivity contribution in [3.63, 3.8) is 0 Å². The molecular weight excluding hydrogens is 398 g/mol. The summed E-state index contributed by atoms with van der Waals surface area (Å²) in [7, 11) is 0. The molecule has 2 nitrogen and oxygen atoms in total. The van der Waals surface area contributed by atoms with Gasteiger partial charge < -0.3 is 0 Å². The summed E-state index contributed by atoms with van der Waals surface area (Å²) in [5.41, 5.74) is 0. The van der Waals surface area contributed by atoms with Gasteiger partial charge in [-0.2, -0.15) is 0 Å². The van der Waals surface area contributed by atoms with Crippen LogP contribution >= 0.6 is 62.0 Å². The minimum absolute atomic E-state index is 0. The van der Waals surface area contributed by atoms with Gasteiger partial charge in [-0.1, -0.05) is 0 Å². The summed E-state index contributed by atoms with van der Waals surface area (Å²) >= 11 is 1.04. The third-order valence-electron chi connectivity index (χ3n) is 0. The van der Waals surface area contributed by atoms with Gasteiger partial charge in [-0.05, 0) is 0 Å². The predicted molar refractivity (Wildman–Crippen MR) is 42.0 cm³/mol. The first-order chi connectivity index (χ1) is 1.41. The number of hydrogen-bond acceptors (Lipinski definition) is 2. The minimum atomic E-state index is 0. The third-order valence-corrected chi connectivity index (χ3v) is 0. The van der Waals surface area contributed by atoms with Gasteiger partial charge >= 0.3 is 27.6 Å². The first-order valence-electron chi connectivity index (χ1n) is 0.341. The Kier molecular flexibility index (Phi) is 478. The Balaban J connectivity index is -0.00000000200. The molecule has 0 fully saturated rings. The monoisotopic (exact) mass is 402 g/mol. The molecule has 0 radical (unpaired) electrons. The summed E-state index contributed by atoms with van der Waals surface area (Å²) in [5.74, 6) is 0. The first-order valence-corrected chi connectivity index (χ1v) is 1.48. The van der Waals surface area contributed by atoms with Gasteiger partial charge in [0.25, 0.3) is 0 Å². The molecule has 0 aliphatic rings. The molecule has 0 aromatic rings. The molecule has 0 bridgehead atoms. The maximum atomic E-state index is 8.57. The van der Waals surface area contributed by atoms with Gasteiger partial charge in [0.15, 0.2) is 0 Å². The van der Waals surface area contributed by atoms with E-state index in [9.17, 15) is 0 Å².